The predicted molar refractivity (Wildman–Crippen MR) is 104 cm³/mol. The van der Waals surface area contributed by atoms with Crippen molar-refractivity contribution in [2.24, 2.45) is 17.8 Å². The fraction of sp³-hybridized carbons (Fsp3) is 0.762. The van der Waals surface area contributed by atoms with Crippen LogP contribution in [0.4, 0.5) is 0 Å². The van der Waals surface area contributed by atoms with Gasteiger partial charge in [0.25, 0.3) is 0 Å². The van der Waals surface area contributed by atoms with E-state index in [4.69, 9.17) is 0 Å². The zero-order valence-electron chi connectivity index (χ0n) is 16.8. The minimum atomic E-state index is -0.681. The Hall–Kier alpha value is -1.69. The van der Waals surface area contributed by atoms with Crippen LogP contribution in [0.3, 0.4) is 0 Å². The molecule has 2 fully saturated rings. The van der Waals surface area contributed by atoms with E-state index in [-0.39, 0.29) is 41.5 Å². The number of hydrogen-bond donors (Lipinski definition) is 1. The minimum absolute atomic E-state index is 0.131. The highest BCUT2D eigenvalue weighted by atomic mass is 16.2. The molecule has 3 amide bonds. The maximum absolute atomic E-state index is 13.1. The van der Waals surface area contributed by atoms with Crippen LogP contribution in [-0.4, -0.2) is 59.2 Å². The molecule has 3 atom stereocenters. The van der Waals surface area contributed by atoms with E-state index in [1.54, 1.807) is 0 Å². The molecule has 3 rings (SSSR count). The summed E-state index contributed by atoms with van der Waals surface area (Å²) in [6.07, 6.45) is 7.54. The number of carbonyl (C=O) groups is 3. The lowest BCUT2D eigenvalue weighted by Gasteiger charge is -2.34. The Balaban J connectivity index is 1.71. The molecule has 0 aromatic heterocycles. The molecule has 0 radical (unpaired) electrons. The van der Waals surface area contributed by atoms with Gasteiger partial charge in [-0.2, -0.15) is 0 Å². The van der Waals surface area contributed by atoms with Gasteiger partial charge in [0.1, 0.15) is 6.04 Å². The average molecular weight is 376 g/mol. The number of piperidine rings is 1. The summed E-state index contributed by atoms with van der Waals surface area (Å²) in [7, 11) is 0. The van der Waals surface area contributed by atoms with E-state index in [0.29, 0.717) is 19.3 Å². The lowest BCUT2D eigenvalue weighted by molar-refractivity contribution is -0.148. The van der Waals surface area contributed by atoms with Gasteiger partial charge in [-0.05, 0) is 44.6 Å². The van der Waals surface area contributed by atoms with Crippen molar-refractivity contribution in [1.82, 2.24) is 15.1 Å². The molecule has 0 aromatic carbocycles. The van der Waals surface area contributed by atoms with Gasteiger partial charge >= 0.3 is 0 Å². The summed E-state index contributed by atoms with van der Waals surface area (Å²) in [5.74, 6) is -0.807. The van der Waals surface area contributed by atoms with Crippen LogP contribution in [-0.2, 0) is 14.4 Å². The zero-order valence-corrected chi connectivity index (χ0v) is 16.8. The van der Waals surface area contributed by atoms with Crippen molar-refractivity contribution in [3.63, 3.8) is 0 Å². The molecule has 6 nitrogen and oxygen atoms in total. The number of hydrogen-bond acceptors (Lipinski definition) is 4. The number of carbonyl (C=O) groups excluding carboxylic acids is 3. The molecule has 3 aliphatic rings. The van der Waals surface area contributed by atoms with Gasteiger partial charge in [0.2, 0.25) is 17.7 Å². The van der Waals surface area contributed by atoms with Crippen molar-refractivity contribution in [3.8, 4) is 0 Å². The van der Waals surface area contributed by atoms with E-state index in [9.17, 15) is 14.4 Å². The Kier molecular flexibility index (Phi) is 6.35. The standard InChI is InChI=1S/C21H33N3O3/c1-4-23-11-9-15(10-12-23)22-19(25)18(13-14(2)3)24-20(26)16-7-5-6-8-17(16)21(24)27/h5-6,14-18H,4,7-13H2,1-3H3,(H,22,25). The maximum atomic E-state index is 13.1. The van der Waals surface area contributed by atoms with Crippen molar-refractivity contribution in [2.45, 2.75) is 65.0 Å². The summed E-state index contributed by atoms with van der Waals surface area (Å²) in [6.45, 7) is 9.20. The van der Waals surface area contributed by atoms with E-state index in [0.717, 1.165) is 32.5 Å². The van der Waals surface area contributed by atoms with Crippen LogP contribution in [0, 0.1) is 17.8 Å². The van der Waals surface area contributed by atoms with Crippen molar-refractivity contribution in [1.29, 1.82) is 0 Å². The molecule has 1 aliphatic carbocycles. The molecular weight excluding hydrogens is 342 g/mol. The summed E-state index contributed by atoms with van der Waals surface area (Å²) < 4.78 is 0. The Bertz CT molecular complexity index is 582. The lowest BCUT2D eigenvalue weighted by atomic mass is 9.85. The first-order valence-corrected chi connectivity index (χ1v) is 10.5. The molecule has 6 heteroatoms. The van der Waals surface area contributed by atoms with Gasteiger partial charge < -0.3 is 10.2 Å². The molecule has 0 bridgehead atoms. The summed E-state index contributed by atoms with van der Waals surface area (Å²) in [5.41, 5.74) is 0. The average Bonchev–Trinajstić information content (AvgIpc) is 2.91. The van der Waals surface area contributed by atoms with E-state index in [1.807, 2.05) is 26.0 Å². The number of fused-ring (bicyclic) bond motifs is 1. The van der Waals surface area contributed by atoms with Gasteiger partial charge in [-0.1, -0.05) is 32.9 Å². The molecule has 0 spiro atoms. The smallest absolute Gasteiger partial charge is 0.243 e. The fourth-order valence-electron chi connectivity index (χ4n) is 4.60. The largest absolute Gasteiger partial charge is 0.351 e. The van der Waals surface area contributed by atoms with Crippen molar-refractivity contribution >= 4 is 17.7 Å². The Labute approximate surface area is 162 Å². The number of imide groups is 1. The lowest BCUT2D eigenvalue weighted by Crippen LogP contribution is -2.54. The molecular formula is C21H33N3O3. The first-order valence-electron chi connectivity index (χ1n) is 10.5. The van der Waals surface area contributed by atoms with Crippen LogP contribution in [0.15, 0.2) is 12.2 Å². The molecule has 27 heavy (non-hydrogen) atoms. The molecule has 2 aliphatic heterocycles. The van der Waals surface area contributed by atoms with E-state index in [2.05, 4.69) is 17.1 Å². The first kappa shape index (κ1) is 20.1. The van der Waals surface area contributed by atoms with Gasteiger partial charge in [0, 0.05) is 19.1 Å². The highest BCUT2D eigenvalue weighted by molar-refractivity contribution is 6.08. The predicted octanol–water partition coefficient (Wildman–Crippen LogP) is 1.95. The zero-order chi connectivity index (χ0) is 19.6. The van der Waals surface area contributed by atoms with Crippen LogP contribution >= 0.6 is 0 Å². The SMILES string of the molecule is CCN1CCC(NC(=O)C(CC(C)C)N2C(=O)C3CC=CCC3C2=O)CC1. The number of nitrogens with zero attached hydrogens (tertiary/aromatic N) is 2. The Morgan fingerprint density at radius 2 is 1.67 bits per heavy atom. The minimum Gasteiger partial charge on any atom is -0.351 e. The van der Waals surface area contributed by atoms with E-state index in [1.165, 1.54) is 4.90 Å². The first-order chi connectivity index (χ1) is 12.9. The number of allylic oxidation sites excluding steroid dienone is 2. The van der Waals surface area contributed by atoms with Crippen molar-refractivity contribution < 1.29 is 14.4 Å². The monoisotopic (exact) mass is 375 g/mol. The van der Waals surface area contributed by atoms with Gasteiger partial charge in [-0.3, -0.25) is 19.3 Å². The highest BCUT2D eigenvalue weighted by Gasteiger charge is 2.51. The number of likely N-dealkylation sites (tertiary alicyclic amines) is 2. The maximum Gasteiger partial charge on any atom is 0.243 e. The Morgan fingerprint density at radius 1 is 1.11 bits per heavy atom. The van der Waals surface area contributed by atoms with Crippen LogP contribution in [0.2, 0.25) is 0 Å². The second-order valence-electron chi connectivity index (χ2n) is 8.56. The molecule has 0 aromatic rings. The van der Waals surface area contributed by atoms with Gasteiger partial charge in [-0.25, -0.2) is 0 Å². The van der Waals surface area contributed by atoms with Crippen LogP contribution in [0.5, 0.6) is 0 Å². The molecule has 3 unspecified atom stereocenters. The quantitative estimate of drug-likeness (QED) is 0.569. The third-order valence-electron chi connectivity index (χ3n) is 6.23. The molecule has 150 valence electrons. The summed E-state index contributed by atoms with van der Waals surface area (Å²) in [4.78, 5) is 42.6. The second kappa shape index (κ2) is 8.55. The van der Waals surface area contributed by atoms with Gasteiger partial charge in [-0.15, -0.1) is 0 Å². The summed E-state index contributed by atoms with van der Waals surface area (Å²) in [6, 6.07) is -0.550. The van der Waals surface area contributed by atoms with E-state index < -0.39 is 6.04 Å². The fourth-order valence-corrected chi connectivity index (χ4v) is 4.60. The highest BCUT2D eigenvalue weighted by Crippen LogP contribution is 2.37. The van der Waals surface area contributed by atoms with Gasteiger partial charge in [0.05, 0.1) is 11.8 Å². The topological polar surface area (TPSA) is 69.7 Å². The Morgan fingerprint density at radius 3 is 2.15 bits per heavy atom. The number of amides is 3. The number of rotatable bonds is 6. The summed E-state index contributed by atoms with van der Waals surface area (Å²) in [5, 5.41) is 3.14. The van der Waals surface area contributed by atoms with Crippen LogP contribution < -0.4 is 5.32 Å². The van der Waals surface area contributed by atoms with Crippen LogP contribution in [0.1, 0.15) is 52.9 Å². The third kappa shape index (κ3) is 4.26. The molecule has 0 saturated carbocycles. The van der Waals surface area contributed by atoms with Crippen molar-refractivity contribution in [3.05, 3.63) is 12.2 Å². The number of nitrogens with one attached hydrogen (secondary N) is 1. The van der Waals surface area contributed by atoms with Crippen LogP contribution in [0.25, 0.3) is 0 Å². The van der Waals surface area contributed by atoms with Crippen molar-refractivity contribution in [2.75, 3.05) is 19.6 Å². The molecule has 1 N–H and O–H groups in total. The van der Waals surface area contributed by atoms with Gasteiger partial charge in [0.15, 0.2) is 0 Å². The molecule has 2 saturated heterocycles. The normalized spacial score (nSPS) is 27.9. The van der Waals surface area contributed by atoms with E-state index >= 15 is 0 Å². The second-order valence-corrected chi connectivity index (χ2v) is 8.56. The third-order valence-corrected chi connectivity index (χ3v) is 6.23. The molecule has 2 heterocycles. The summed E-state index contributed by atoms with van der Waals surface area (Å²) >= 11 is 0.